The Labute approximate surface area is 280 Å². The number of nitrogens with zero attached hydrogens (tertiary/aromatic N) is 1. The number of hydrogen-bond acceptors (Lipinski definition) is 9. The van der Waals surface area contributed by atoms with Gasteiger partial charge in [0.05, 0.1) is 11.6 Å². The van der Waals surface area contributed by atoms with E-state index in [1.165, 1.54) is 0 Å². The van der Waals surface area contributed by atoms with E-state index in [1.54, 1.807) is 31.5 Å². The summed E-state index contributed by atoms with van der Waals surface area (Å²) in [6.07, 6.45) is 3.40. The van der Waals surface area contributed by atoms with Crippen LogP contribution in [0.1, 0.15) is 23.6 Å². The van der Waals surface area contributed by atoms with E-state index in [4.69, 9.17) is 35.3 Å². The van der Waals surface area contributed by atoms with Crippen LogP contribution in [0, 0.1) is 0 Å². The van der Waals surface area contributed by atoms with Crippen LogP contribution in [0.3, 0.4) is 0 Å². The molecule has 5 rings (SSSR count). The van der Waals surface area contributed by atoms with Crippen LogP contribution >= 0.6 is 27.5 Å². The van der Waals surface area contributed by atoms with Gasteiger partial charge < -0.3 is 28.8 Å². The SMILES string of the molecule is C=C1OC(C)=C(COC(=O)[C@H](CO)NCc2cc(Cl)c(OCc3cccc(-c4ccccc4)c3Br)cc2OCc2cccnc2)O1. The second-order valence-corrected chi connectivity index (χ2v) is 11.5. The zero-order valence-corrected chi connectivity index (χ0v) is 27.3. The van der Waals surface area contributed by atoms with Gasteiger partial charge in [0.2, 0.25) is 0 Å². The fourth-order valence-electron chi connectivity index (χ4n) is 4.57. The number of benzene rings is 3. The standard InChI is InChI=1S/C35H32BrClN2O7/c1-22-33(46-23(2)45-22)21-44-35(41)30(18-40)39-17-27-14-29(37)32(15-31(27)42-19-24-8-7-13-38-16-24)43-20-26-11-6-12-28(34(26)36)25-9-4-3-5-10-25/h3-16,30,39-40H,2,17-21H2,1H3/t30-/m0/s1. The lowest BCUT2D eigenvalue weighted by Crippen LogP contribution is -2.41. The summed E-state index contributed by atoms with van der Waals surface area (Å²) in [5.74, 6) is 1.13. The number of carbonyl (C=O) groups excluding carboxylic acids is 1. The first-order valence-electron chi connectivity index (χ1n) is 14.4. The summed E-state index contributed by atoms with van der Waals surface area (Å²) in [6.45, 7) is 5.21. The number of aliphatic hydroxyl groups excluding tert-OH is 1. The minimum atomic E-state index is -1.03. The van der Waals surface area contributed by atoms with Gasteiger partial charge in [-0.1, -0.05) is 66.2 Å². The molecule has 9 nitrogen and oxygen atoms in total. The molecule has 1 aliphatic rings. The molecule has 0 amide bonds. The number of ether oxygens (including phenoxy) is 5. The predicted molar refractivity (Wildman–Crippen MR) is 177 cm³/mol. The predicted octanol–water partition coefficient (Wildman–Crippen LogP) is 7.07. The monoisotopic (exact) mass is 706 g/mol. The molecule has 46 heavy (non-hydrogen) atoms. The third-order valence-electron chi connectivity index (χ3n) is 7.03. The van der Waals surface area contributed by atoms with Crippen molar-refractivity contribution in [1.29, 1.82) is 0 Å². The maximum absolute atomic E-state index is 12.7. The quantitative estimate of drug-likeness (QED) is 0.133. The molecule has 0 spiro atoms. The maximum Gasteiger partial charge on any atom is 0.325 e. The zero-order valence-electron chi connectivity index (χ0n) is 25.0. The van der Waals surface area contributed by atoms with Gasteiger partial charge in [-0.25, -0.2) is 0 Å². The summed E-state index contributed by atoms with van der Waals surface area (Å²) in [5, 5.41) is 13.3. The van der Waals surface area contributed by atoms with Crippen molar-refractivity contribution in [3.63, 3.8) is 0 Å². The second kappa shape index (κ2) is 15.8. The number of nitrogens with one attached hydrogen (secondary N) is 1. The molecule has 0 unspecified atom stereocenters. The van der Waals surface area contributed by atoms with Crippen molar-refractivity contribution in [3.8, 4) is 22.6 Å². The van der Waals surface area contributed by atoms with Crippen LogP contribution in [0.15, 0.2) is 114 Å². The molecule has 0 saturated carbocycles. The van der Waals surface area contributed by atoms with Gasteiger partial charge in [-0.15, -0.1) is 0 Å². The molecule has 11 heteroatoms. The Morgan fingerprint density at radius 3 is 2.52 bits per heavy atom. The van der Waals surface area contributed by atoms with Crippen LogP contribution in [0.4, 0.5) is 0 Å². The summed E-state index contributed by atoms with van der Waals surface area (Å²) >= 11 is 10.4. The molecule has 1 aliphatic heterocycles. The van der Waals surface area contributed by atoms with Gasteiger partial charge in [0, 0.05) is 46.2 Å². The van der Waals surface area contributed by atoms with Gasteiger partial charge in [-0.3, -0.25) is 15.1 Å². The molecular formula is C35H32BrClN2O7. The smallest absolute Gasteiger partial charge is 0.325 e. The Balaban J connectivity index is 1.31. The van der Waals surface area contributed by atoms with Gasteiger partial charge in [-0.2, -0.15) is 0 Å². The lowest BCUT2D eigenvalue weighted by atomic mass is 10.0. The number of aromatic nitrogens is 1. The average molecular weight is 708 g/mol. The molecule has 1 atom stereocenters. The van der Waals surface area contributed by atoms with E-state index in [1.807, 2.05) is 48.5 Å². The van der Waals surface area contributed by atoms with Crippen molar-refractivity contribution >= 4 is 33.5 Å². The highest BCUT2D eigenvalue weighted by Crippen LogP contribution is 2.36. The van der Waals surface area contributed by atoms with Crippen molar-refractivity contribution < 1.29 is 33.6 Å². The van der Waals surface area contributed by atoms with Gasteiger partial charge in [0.15, 0.2) is 12.4 Å². The van der Waals surface area contributed by atoms with Crippen molar-refractivity contribution in [2.45, 2.75) is 32.7 Å². The first-order chi connectivity index (χ1) is 22.3. The van der Waals surface area contributed by atoms with Gasteiger partial charge in [0.1, 0.15) is 36.5 Å². The fraction of sp³-hybridized carbons (Fsp3) is 0.200. The topological polar surface area (TPSA) is 108 Å². The third-order valence-corrected chi connectivity index (χ3v) is 8.26. The molecule has 0 saturated heterocycles. The molecule has 4 aromatic rings. The van der Waals surface area contributed by atoms with Crippen molar-refractivity contribution in [2.75, 3.05) is 13.2 Å². The highest BCUT2D eigenvalue weighted by Gasteiger charge is 2.24. The number of carbonyl (C=O) groups is 1. The molecule has 2 N–H and O–H groups in total. The summed E-state index contributed by atoms with van der Waals surface area (Å²) in [6, 6.07) is 22.2. The zero-order chi connectivity index (χ0) is 32.5. The number of allylic oxidation sites excluding steroid dienone is 1. The molecule has 0 bridgehead atoms. The minimum absolute atomic E-state index is 0.108. The number of halogens is 2. The summed E-state index contributed by atoms with van der Waals surface area (Å²) < 4.78 is 29.2. The first-order valence-corrected chi connectivity index (χ1v) is 15.5. The van der Waals surface area contributed by atoms with Crippen LogP contribution < -0.4 is 14.8 Å². The number of hydrogen-bond donors (Lipinski definition) is 2. The summed E-state index contributed by atoms with van der Waals surface area (Å²) in [4.78, 5) is 16.9. The van der Waals surface area contributed by atoms with E-state index in [0.29, 0.717) is 33.6 Å². The Kier molecular flexibility index (Phi) is 11.3. The van der Waals surface area contributed by atoms with E-state index < -0.39 is 18.6 Å². The van der Waals surface area contributed by atoms with Crippen LogP contribution in [0.25, 0.3) is 11.1 Å². The molecule has 0 aliphatic carbocycles. The molecule has 1 aromatic heterocycles. The fourth-order valence-corrected chi connectivity index (χ4v) is 5.42. The van der Waals surface area contributed by atoms with Crippen molar-refractivity contribution in [2.24, 2.45) is 0 Å². The van der Waals surface area contributed by atoms with Crippen molar-refractivity contribution in [3.05, 3.63) is 135 Å². The molecule has 3 aromatic carbocycles. The van der Waals surface area contributed by atoms with E-state index >= 15 is 0 Å². The Bertz CT molecular complexity index is 1720. The van der Waals surface area contributed by atoms with Gasteiger partial charge >= 0.3 is 5.97 Å². The largest absolute Gasteiger partial charge is 0.488 e. The average Bonchev–Trinajstić information content (AvgIpc) is 3.40. The highest BCUT2D eigenvalue weighted by atomic mass is 79.9. The van der Waals surface area contributed by atoms with Crippen LogP contribution in [0.5, 0.6) is 11.5 Å². The lowest BCUT2D eigenvalue weighted by Gasteiger charge is -2.19. The number of esters is 1. The van der Waals surface area contributed by atoms with E-state index in [9.17, 15) is 9.90 Å². The van der Waals surface area contributed by atoms with Crippen LogP contribution in [-0.4, -0.2) is 35.3 Å². The molecule has 238 valence electrons. The number of aliphatic hydroxyl groups is 1. The third kappa shape index (κ3) is 8.46. The highest BCUT2D eigenvalue weighted by molar-refractivity contribution is 9.10. The first kappa shape index (κ1) is 33.0. The van der Waals surface area contributed by atoms with E-state index in [2.05, 4.69) is 44.9 Å². The van der Waals surface area contributed by atoms with Gasteiger partial charge in [0.25, 0.3) is 5.95 Å². The Morgan fingerprint density at radius 1 is 1.00 bits per heavy atom. The number of pyridine rings is 1. The van der Waals surface area contributed by atoms with E-state index in [-0.39, 0.29) is 32.3 Å². The molecule has 0 radical (unpaired) electrons. The number of rotatable bonds is 14. The Morgan fingerprint density at radius 2 is 1.80 bits per heavy atom. The van der Waals surface area contributed by atoms with Crippen molar-refractivity contribution in [1.82, 2.24) is 10.3 Å². The lowest BCUT2D eigenvalue weighted by molar-refractivity contribution is -0.147. The molecule has 2 heterocycles. The Hall–Kier alpha value is -4.35. The minimum Gasteiger partial charge on any atom is -0.488 e. The maximum atomic E-state index is 12.7. The normalized spacial score (nSPS) is 13.2. The summed E-state index contributed by atoms with van der Waals surface area (Å²) in [5.41, 5.74) is 4.58. The van der Waals surface area contributed by atoms with E-state index in [0.717, 1.165) is 26.7 Å². The van der Waals surface area contributed by atoms with Crippen LogP contribution in [0.2, 0.25) is 5.02 Å². The second-order valence-electron chi connectivity index (χ2n) is 10.3. The molecular weight excluding hydrogens is 676 g/mol. The molecule has 0 fully saturated rings. The van der Waals surface area contributed by atoms with Crippen LogP contribution in [-0.2, 0) is 38.8 Å². The summed E-state index contributed by atoms with van der Waals surface area (Å²) in [7, 11) is 0. The van der Waals surface area contributed by atoms with Gasteiger partial charge in [-0.05, 0) is 52.7 Å².